The van der Waals surface area contributed by atoms with Gasteiger partial charge in [-0.05, 0) is 70.2 Å². The molecule has 8 heteroatoms. The van der Waals surface area contributed by atoms with Crippen LogP contribution in [-0.4, -0.2) is 19.8 Å². The van der Waals surface area contributed by atoms with Gasteiger partial charge in [-0.3, -0.25) is 4.72 Å². The zero-order valence-corrected chi connectivity index (χ0v) is 16.8. The highest BCUT2D eigenvalue weighted by Gasteiger charge is 2.02. The average Bonchev–Trinajstić information content (AvgIpc) is 2.52. The van der Waals surface area contributed by atoms with Crippen molar-refractivity contribution >= 4 is 55.6 Å². The van der Waals surface area contributed by atoms with Crippen molar-refractivity contribution in [2.45, 2.75) is 13.1 Å². The lowest BCUT2D eigenvalue weighted by atomic mass is 10.2. The van der Waals surface area contributed by atoms with E-state index in [0.29, 0.717) is 23.9 Å². The Bertz CT molecular complexity index is 791. The Balaban J connectivity index is 1.78. The normalized spacial score (nSPS) is 10.9. The molecule has 24 heavy (non-hydrogen) atoms. The van der Waals surface area contributed by atoms with Crippen LogP contribution in [0.4, 0.5) is 5.69 Å². The Morgan fingerprint density at radius 3 is 1.88 bits per heavy atom. The summed E-state index contributed by atoms with van der Waals surface area (Å²) in [6.45, 7) is 1.23. The Morgan fingerprint density at radius 1 is 0.958 bits per heavy atom. The quantitative estimate of drug-likeness (QED) is 0.443. The lowest BCUT2D eigenvalue weighted by molar-refractivity contribution is 0.607. The summed E-state index contributed by atoms with van der Waals surface area (Å²) in [6, 6.07) is 15.4. The van der Waals surface area contributed by atoms with Gasteiger partial charge in [-0.1, -0.05) is 24.3 Å². The van der Waals surface area contributed by atoms with Crippen LogP contribution in [0.2, 0.25) is 0 Å². The summed E-state index contributed by atoms with van der Waals surface area (Å²) in [5, 5.41) is 6.86. The molecular weight excluding hydrogens is 457 g/mol. The van der Waals surface area contributed by atoms with Crippen LogP contribution in [0, 0.1) is 3.57 Å². The molecule has 0 radical (unpaired) electrons. The minimum atomic E-state index is -3.25. The van der Waals surface area contributed by atoms with Crippen molar-refractivity contribution in [1.29, 1.82) is 0 Å². The fourth-order valence-corrected chi connectivity index (χ4v) is 3.00. The molecule has 0 aliphatic carbocycles. The van der Waals surface area contributed by atoms with Crippen LogP contribution >= 0.6 is 34.8 Å². The van der Waals surface area contributed by atoms with E-state index in [4.69, 9.17) is 12.2 Å². The highest BCUT2D eigenvalue weighted by Crippen LogP contribution is 2.10. The number of halogens is 1. The lowest BCUT2D eigenvalue weighted by Crippen LogP contribution is -2.34. The molecule has 0 bridgehead atoms. The number of rotatable bonds is 6. The van der Waals surface area contributed by atoms with E-state index >= 15 is 0 Å². The van der Waals surface area contributed by atoms with Crippen LogP contribution in [-0.2, 0) is 23.1 Å². The predicted molar refractivity (Wildman–Crippen MR) is 110 cm³/mol. The molecule has 5 nitrogen and oxygen atoms in total. The number of thiocarbonyl (C=S) groups is 1. The van der Waals surface area contributed by atoms with E-state index in [1.807, 2.05) is 12.1 Å². The maximum atomic E-state index is 11.2. The van der Waals surface area contributed by atoms with Gasteiger partial charge in [-0.25, -0.2) is 8.42 Å². The Kier molecular flexibility index (Phi) is 6.81. The van der Waals surface area contributed by atoms with Gasteiger partial charge in [0.2, 0.25) is 10.0 Å². The van der Waals surface area contributed by atoms with E-state index in [9.17, 15) is 8.42 Å². The third kappa shape index (κ3) is 7.02. The first kappa shape index (κ1) is 18.9. The first-order valence-corrected chi connectivity index (χ1v) is 10.5. The van der Waals surface area contributed by atoms with Crippen LogP contribution in [0.3, 0.4) is 0 Å². The fraction of sp³-hybridized carbons (Fsp3) is 0.188. The number of hydrogen-bond donors (Lipinski definition) is 3. The van der Waals surface area contributed by atoms with Crippen LogP contribution in [0.25, 0.3) is 0 Å². The molecular formula is C16H18IN3O2S2. The van der Waals surface area contributed by atoms with Crippen molar-refractivity contribution in [3.05, 3.63) is 63.2 Å². The summed E-state index contributed by atoms with van der Waals surface area (Å²) in [6.07, 6.45) is 1.13. The van der Waals surface area contributed by atoms with Crippen molar-refractivity contribution in [1.82, 2.24) is 10.6 Å². The molecule has 2 aromatic rings. The second kappa shape index (κ2) is 8.63. The summed E-state index contributed by atoms with van der Waals surface area (Å²) >= 11 is 7.53. The first-order valence-electron chi connectivity index (χ1n) is 7.15. The van der Waals surface area contributed by atoms with Crippen molar-refractivity contribution in [3.63, 3.8) is 0 Å². The molecule has 0 heterocycles. The van der Waals surface area contributed by atoms with Gasteiger partial charge in [-0.2, -0.15) is 0 Å². The molecule has 0 saturated carbocycles. The lowest BCUT2D eigenvalue weighted by Gasteiger charge is -2.11. The van der Waals surface area contributed by atoms with Gasteiger partial charge in [0.05, 0.1) is 6.26 Å². The summed E-state index contributed by atoms with van der Waals surface area (Å²) in [5.41, 5.74) is 2.71. The van der Waals surface area contributed by atoms with Gasteiger partial charge < -0.3 is 10.6 Å². The highest BCUT2D eigenvalue weighted by molar-refractivity contribution is 14.1. The van der Waals surface area contributed by atoms with Gasteiger partial charge in [0.15, 0.2) is 5.11 Å². The van der Waals surface area contributed by atoms with Gasteiger partial charge in [-0.15, -0.1) is 0 Å². The summed E-state index contributed by atoms with van der Waals surface area (Å²) in [4.78, 5) is 0. The largest absolute Gasteiger partial charge is 0.359 e. The first-order chi connectivity index (χ1) is 11.3. The predicted octanol–water partition coefficient (Wildman–Crippen LogP) is 2.83. The molecule has 2 aromatic carbocycles. The van der Waals surface area contributed by atoms with E-state index in [1.165, 1.54) is 3.57 Å². The highest BCUT2D eigenvalue weighted by atomic mass is 127. The minimum Gasteiger partial charge on any atom is -0.359 e. The molecule has 0 amide bonds. The fourth-order valence-electron chi connectivity index (χ4n) is 1.93. The van der Waals surface area contributed by atoms with Gasteiger partial charge in [0.1, 0.15) is 0 Å². The van der Waals surface area contributed by atoms with E-state index in [2.05, 4.69) is 62.2 Å². The van der Waals surface area contributed by atoms with Crippen LogP contribution in [0.1, 0.15) is 11.1 Å². The molecule has 0 aromatic heterocycles. The van der Waals surface area contributed by atoms with E-state index in [0.717, 1.165) is 17.4 Å². The number of hydrogen-bond acceptors (Lipinski definition) is 3. The van der Waals surface area contributed by atoms with E-state index in [-0.39, 0.29) is 0 Å². The molecule has 128 valence electrons. The zero-order valence-electron chi connectivity index (χ0n) is 13.0. The van der Waals surface area contributed by atoms with Crippen LogP contribution in [0.15, 0.2) is 48.5 Å². The molecule has 0 saturated heterocycles. The van der Waals surface area contributed by atoms with Gasteiger partial charge in [0, 0.05) is 22.3 Å². The van der Waals surface area contributed by atoms with E-state index < -0.39 is 10.0 Å². The third-order valence-electron chi connectivity index (χ3n) is 3.08. The second-order valence-electron chi connectivity index (χ2n) is 5.23. The second-order valence-corrected chi connectivity index (χ2v) is 8.64. The summed E-state index contributed by atoms with van der Waals surface area (Å²) < 4.78 is 25.9. The molecule has 0 atom stereocenters. The Hall–Kier alpha value is -1.39. The zero-order chi connectivity index (χ0) is 17.6. The SMILES string of the molecule is CS(=O)(=O)Nc1ccc(CNC(=S)NCc2ccc(I)cc2)cc1. The Labute approximate surface area is 161 Å². The molecule has 2 rings (SSSR count). The number of sulfonamides is 1. The summed E-state index contributed by atoms with van der Waals surface area (Å²) in [5.74, 6) is 0. The molecule has 3 N–H and O–H groups in total. The van der Waals surface area contributed by atoms with Crippen LogP contribution in [0.5, 0.6) is 0 Å². The summed E-state index contributed by atoms with van der Waals surface area (Å²) in [7, 11) is -3.25. The van der Waals surface area contributed by atoms with Crippen molar-refractivity contribution in [3.8, 4) is 0 Å². The molecule has 0 spiro atoms. The van der Waals surface area contributed by atoms with Crippen LogP contribution < -0.4 is 15.4 Å². The maximum absolute atomic E-state index is 11.2. The molecule has 0 aliphatic rings. The van der Waals surface area contributed by atoms with Crippen molar-refractivity contribution < 1.29 is 8.42 Å². The number of nitrogens with one attached hydrogen (secondary N) is 3. The Morgan fingerprint density at radius 2 is 1.42 bits per heavy atom. The smallest absolute Gasteiger partial charge is 0.229 e. The molecule has 0 unspecified atom stereocenters. The van der Waals surface area contributed by atoms with Crippen molar-refractivity contribution in [2.75, 3.05) is 11.0 Å². The average molecular weight is 475 g/mol. The molecule has 0 fully saturated rings. The standard InChI is InChI=1S/C16H18IN3O2S2/c1-24(21,22)20-15-8-4-13(5-9-15)11-19-16(23)18-10-12-2-6-14(17)7-3-12/h2-9,20H,10-11H2,1H3,(H2,18,19,23). The number of anilines is 1. The van der Waals surface area contributed by atoms with E-state index in [1.54, 1.807) is 12.1 Å². The minimum absolute atomic E-state index is 0.542. The van der Waals surface area contributed by atoms with Crippen molar-refractivity contribution in [2.24, 2.45) is 0 Å². The maximum Gasteiger partial charge on any atom is 0.229 e. The van der Waals surface area contributed by atoms with Gasteiger partial charge >= 0.3 is 0 Å². The monoisotopic (exact) mass is 475 g/mol. The van der Waals surface area contributed by atoms with Gasteiger partial charge in [0.25, 0.3) is 0 Å². The number of benzene rings is 2. The third-order valence-corrected chi connectivity index (χ3v) is 4.69. The topological polar surface area (TPSA) is 70.2 Å². The molecule has 0 aliphatic heterocycles.